The van der Waals surface area contributed by atoms with E-state index in [2.05, 4.69) is 15.4 Å². The molecule has 0 bridgehead atoms. The third kappa shape index (κ3) is 1.97. The lowest BCUT2D eigenvalue weighted by Gasteiger charge is -2.03. The van der Waals surface area contributed by atoms with Gasteiger partial charge in [-0.3, -0.25) is 0 Å². The molecular formula is C9H6ClN3O. The van der Waals surface area contributed by atoms with Crippen molar-refractivity contribution in [2.24, 2.45) is 0 Å². The first-order chi connectivity index (χ1) is 6.86. The predicted molar refractivity (Wildman–Crippen MR) is 51.4 cm³/mol. The van der Waals surface area contributed by atoms with E-state index in [0.29, 0.717) is 10.8 Å². The Morgan fingerprint density at radius 1 is 1.14 bits per heavy atom. The van der Waals surface area contributed by atoms with Crippen LogP contribution in [-0.4, -0.2) is 15.4 Å². The Labute approximate surface area is 85.5 Å². The molecule has 14 heavy (non-hydrogen) atoms. The molecule has 0 unspecified atom stereocenters. The zero-order chi connectivity index (χ0) is 9.80. The molecule has 0 atom stereocenters. The van der Waals surface area contributed by atoms with Crippen molar-refractivity contribution in [1.82, 2.24) is 15.4 Å². The SMILES string of the molecule is Clc1cnnnc1Oc1ccccc1. The monoisotopic (exact) mass is 207 g/mol. The van der Waals surface area contributed by atoms with E-state index in [0.717, 1.165) is 0 Å². The zero-order valence-corrected chi connectivity index (χ0v) is 7.85. The van der Waals surface area contributed by atoms with Gasteiger partial charge in [-0.25, -0.2) is 0 Å². The highest BCUT2D eigenvalue weighted by Crippen LogP contribution is 2.24. The summed E-state index contributed by atoms with van der Waals surface area (Å²) >= 11 is 5.78. The normalized spacial score (nSPS) is 9.79. The van der Waals surface area contributed by atoms with Gasteiger partial charge in [-0.15, -0.1) is 5.10 Å². The van der Waals surface area contributed by atoms with E-state index in [1.165, 1.54) is 6.20 Å². The largest absolute Gasteiger partial charge is 0.436 e. The van der Waals surface area contributed by atoms with Crippen molar-refractivity contribution in [3.8, 4) is 11.6 Å². The summed E-state index contributed by atoms with van der Waals surface area (Å²) < 4.78 is 5.36. The highest BCUT2D eigenvalue weighted by atomic mass is 35.5. The van der Waals surface area contributed by atoms with Crippen LogP contribution in [0.4, 0.5) is 0 Å². The third-order valence-corrected chi connectivity index (χ3v) is 1.78. The fourth-order valence-electron chi connectivity index (χ4n) is 0.915. The Balaban J connectivity index is 2.24. The van der Waals surface area contributed by atoms with Gasteiger partial charge in [0, 0.05) is 0 Å². The van der Waals surface area contributed by atoms with Crippen molar-refractivity contribution in [2.45, 2.75) is 0 Å². The van der Waals surface area contributed by atoms with Crippen LogP contribution in [0.2, 0.25) is 5.02 Å². The van der Waals surface area contributed by atoms with E-state index in [-0.39, 0.29) is 5.88 Å². The van der Waals surface area contributed by atoms with Crippen molar-refractivity contribution >= 4 is 11.6 Å². The maximum Gasteiger partial charge on any atom is 0.261 e. The van der Waals surface area contributed by atoms with Gasteiger partial charge >= 0.3 is 0 Å². The lowest BCUT2D eigenvalue weighted by atomic mass is 10.3. The molecule has 0 N–H and O–H groups in total. The van der Waals surface area contributed by atoms with Crippen LogP contribution < -0.4 is 4.74 Å². The van der Waals surface area contributed by atoms with Crippen LogP contribution in [0.25, 0.3) is 0 Å². The molecule has 70 valence electrons. The third-order valence-electron chi connectivity index (χ3n) is 1.52. The predicted octanol–water partition coefficient (Wildman–Crippen LogP) is 2.32. The molecule has 1 aromatic heterocycles. The second-order valence-corrected chi connectivity index (χ2v) is 2.91. The number of aromatic nitrogens is 3. The molecule has 1 aromatic carbocycles. The molecule has 2 aromatic rings. The fraction of sp³-hybridized carbons (Fsp3) is 0. The lowest BCUT2D eigenvalue weighted by molar-refractivity contribution is 0.450. The highest BCUT2D eigenvalue weighted by molar-refractivity contribution is 6.31. The minimum absolute atomic E-state index is 0.257. The van der Waals surface area contributed by atoms with E-state index < -0.39 is 0 Å². The summed E-state index contributed by atoms with van der Waals surface area (Å²) in [4.78, 5) is 0. The van der Waals surface area contributed by atoms with Crippen LogP contribution in [0.5, 0.6) is 11.6 Å². The van der Waals surface area contributed by atoms with Crippen LogP contribution in [0.15, 0.2) is 36.5 Å². The van der Waals surface area contributed by atoms with Gasteiger partial charge in [-0.1, -0.05) is 34.9 Å². The Bertz CT molecular complexity index is 421. The van der Waals surface area contributed by atoms with E-state index in [1.807, 2.05) is 18.2 Å². The molecule has 2 rings (SSSR count). The summed E-state index contributed by atoms with van der Waals surface area (Å²) in [6, 6.07) is 9.22. The molecule has 4 nitrogen and oxygen atoms in total. The second-order valence-electron chi connectivity index (χ2n) is 2.50. The van der Waals surface area contributed by atoms with Crippen LogP contribution in [0, 0.1) is 0 Å². The first-order valence-corrected chi connectivity index (χ1v) is 4.31. The molecule has 0 aliphatic heterocycles. The van der Waals surface area contributed by atoms with Gasteiger partial charge in [0.15, 0.2) is 0 Å². The number of rotatable bonds is 2. The van der Waals surface area contributed by atoms with E-state index in [4.69, 9.17) is 16.3 Å². The average molecular weight is 208 g/mol. The van der Waals surface area contributed by atoms with Crippen molar-refractivity contribution in [2.75, 3.05) is 0 Å². The summed E-state index contributed by atoms with van der Waals surface area (Å²) in [5, 5.41) is 10.9. The fourth-order valence-corrected chi connectivity index (χ4v) is 1.04. The molecule has 0 aliphatic rings. The first kappa shape index (κ1) is 8.90. The quantitative estimate of drug-likeness (QED) is 0.758. The smallest absolute Gasteiger partial charge is 0.261 e. The van der Waals surface area contributed by atoms with Crippen molar-refractivity contribution < 1.29 is 4.74 Å². The van der Waals surface area contributed by atoms with Crippen LogP contribution in [-0.2, 0) is 0 Å². The minimum Gasteiger partial charge on any atom is -0.436 e. The number of halogens is 1. The standard InChI is InChI=1S/C9H6ClN3O/c10-8-6-11-13-12-9(8)14-7-4-2-1-3-5-7/h1-6H. The molecular weight excluding hydrogens is 202 g/mol. The maximum atomic E-state index is 5.78. The van der Waals surface area contributed by atoms with Crippen LogP contribution >= 0.6 is 11.6 Å². The molecule has 0 fully saturated rings. The first-order valence-electron chi connectivity index (χ1n) is 3.93. The number of ether oxygens (including phenoxy) is 1. The Hall–Kier alpha value is -1.68. The molecule has 0 aliphatic carbocycles. The summed E-state index contributed by atoms with van der Waals surface area (Å²) in [5.41, 5.74) is 0. The molecule has 5 heteroatoms. The Kier molecular flexibility index (Phi) is 2.55. The molecule has 0 spiro atoms. The van der Waals surface area contributed by atoms with Gasteiger partial charge < -0.3 is 4.74 Å². The molecule has 0 radical (unpaired) electrons. The zero-order valence-electron chi connectivity index (χ0n) is 7.09. The maximum absolute atomic E-state index is 5.78. The van der Waals surface area contributed by atoms with Gasteiger partial charge in [0.25, 0.3) is 5.88 Å². The number of nitrogens with zero attached hydrogens (tertiary/aromatic N) is 3. The number of para-hydroxylation sites is 1. The minimum atomic E-state index is 0.257. The Morgan fingerprint density at radius 2 is 1.93 bits per heavy atom. The molecule has 0 amide bonds. The summed E-state index contributed by atoms with van der Waals surface area (Å²) in [5.74, 6) is 0.919. The molecule has 0 saturated heterocycles. The highest BCUT2D eigenvalue weighted by Gasteiger charge is 2.03. The lowest BCUT2D eigenvalue weighted by Crippen LogP contribution is -1.92. The van der Waals surface area contributed by atoms with E-state index in [1.54, 1.807) is 12.1 Å². The molecule has 1 heterocycles. The average Bonchev–Trinajstić information content (AvgIpc) is 2.23. The van der Waals surface area contributed by atoms with Gasteiger partial charge in [0.2, 0.25) is 0 Å². The summed E-state index contributed by atoms with van der Waals surface area (Å²) in [7, 11) is 0. The van der Waals surface area contributed by atoms with Gasteiger partial charge in [0.1, 0.15) is 10.8 Å². The summed E-state index contributed by atoms with van der Waals surface area (Å²) in [6.45, 7) is 0. The molecule has 0 saturated carbocycles. The number of benzene rings is 1. The van der Waals surface area contributed by atoms with Crippen LogP contribution in [0.3, 0.4) is 0 Å². The number of hydrogen-bond donors (Lipinski definition) is 0. The van der Waals surface area contributed by atoms with Crippen molar-refractivity contribution in [1.29, 1.82) is 0 Å². The van der Waals surface area contributed by atoms with Gasteiger partial charge in [-0.2, -0.15) is 0 Å². The topological polar surface area (TPSA) is 47.9 Å². The van der Waals surface area contributed by atoms with Crippen LogP contribution in [0.1, 0.15) is 0 Å². The van der Waals surface area contributed by atoms with Crippen molar-refractivity contribution in [3.05, 3.63) is 41.6 Å². The summed E-state index contributed by atoms with van der Waals surface area (Å²) in [6.07, 6.45) is 1.38. The Morgan fingerprint density at radius 3 is 2.64 bits per heavy atom. The van der Waals surface area contributed by atoms with Gasteiger partial charge in [0.05, 0.1) is 6.20 Å². The number of hydrogen-bond acceptors (Lipinski definition) is 4. The van der Waals surface area contributed by atoms with E-state index >= 15 is 0 Å². The second kappa shape index (κ2) is 4.02. The van der Waals surface area contributed by atoms with Gasteiger partial charge in [-0.05, 0) is 17.3 Å². The van der Waals surface area contributed by atoms with Crippen molar-refractivity contribution in [3.63, 3.8) is 0 Å². The van der Waals surface area contributed by atoms with E-state index in [9.17, 15) is 0 Å².